The van der Waals surface area contributed by atoms with Crippen LogP contribution in [0.3, 0.4) is 0 Å². The zero-order chi connectivity index (χ0) is 15.1. The summed E-state index contributed by atoms with van der Waals surface area (Å²) in [5, 5.41) is 10.7. The van der Waals surface area contributed by atoms with E-state index in [9.17, 15) is 0 Å². The minimum atomic E-state index is 0.629. The molecule has 0 atom stereocenters. The fraction of sp³-hybridized carbons (Fsp3) is 0.786. The van der Waals surface area contributed by atoms with Gasteiger partial charge in [0.25, 0.3) is 0 Å². The molecule has 1 aromatic heterocycles. The van der Waals surface area contributed by atoms with Crippen LogP contribution in [-0.2, 0) is 13.6 Å². The summed E-state index contributed by atoms with van der Waals surface area (Å²) in [6.07, 6.45) is 5.39. The van der Waals surface area contributed by atoms with Crippen molar-refractivity contribution < 1.29 is 0 Å². The Morgan fingerprint density at radius 2 is 2.10 bits per heavy atom. The minimum absolute atomic E-state index is 0.629. The Balaban J connectivity index is 1.65. The number of likely N-dealkylation sites (tertiary alicyclic amines) is 1. The van der Waals surface area contributed by atoms with Gasteiger partial charge in [-0.2, -0.15) is 5.10 Å². The van der Waals surface area contributed by atoms with Gasteiger partial charge in [-0.15, -0.1) is 0 Å². The third kappa shape index (κ3) is 5.00. The van der Waals surface area contributed by atoms with Gasteiger partial charge in [-0.3, -0.25) is 9.67 Å². The van der Waals surface area contributed by atoms with Crippen LogP contribution in [0.2, 0.25) is 0 Å². The van der Waals surface area contributed by atoms with Crippen LogP contribution >= 0.6 is 0 Å². The van der Waals surface area contributed by atoms with E-state index in [-0.39, 0.29) is 0 Å². The van der Waals surface area contributed by atoms with Gasteiger partial charge < -0.3 is 15.5 Å². The van der Waals surface area contributed by atoms with Gasteiger partial charge in [0.2, 0.25) is 0 Å². The summed E-state index contributed by atoms with van der Waals surface area (Å²) in [6, 6.07) is 0. The first kappa shape index (κ1) is 15.8. The molecular formula is C14H27N7. The van der Waals surface area contributed by atoms with Crippen molar-refractivity contribution in [1.82, 2.24) is 30.3 Å². The summed E-state index contributed by atoms with van der Waals surface area (Å²) in [5.74, 6) is 2.56. The molecule has 1 saturated heterocycles. The van der Waals surface area contributed by atoms with Gasteiger partial charge in [0, 0.05) is 20.6 Å². The number of hydrogen-bond acceptors (Lipinski definition) is 4. The molecule has 0 bridgehead atoms. The molecule has 0 aliphatic carbocycles. The van der Waals surface area contributed by atoms with Crippen LogP contribution in [-0.4, -0.2) is 59.4 Å². The van der Waals surface area contributed by atoms with E-state index in [1.54, 1.807) is 18.1 Å². The van der Waals surface area contributed by atoms with Crippen molar-refractivity contribution >= 4 is 5.96 Å². The molecule has 1 fully saturated rings. The average molecular weight is 293 g/mol. The van der Waals surface area contributed by atoms with Gasteiger partial charge in [-0.05, 0) is 45.3 Å². The van der Waals surface area contributed by atoms with Crippen molar-refractivity contribution in [3.8, 4) is 0 Å². The molecule has 7 nitrogen and oxygen atoms in total. The van der Waals surface area contributed by atoms with E-state index >= 15 is 0 Å². The number of piperidine rings is 1. The third-order valence-corrected chi connectivity index (χ3v) is 4.13. The highest BCUT2D eigenvalue weighted by Crippen LogP contribution is 2.18. The van der Waals surface area contributed by atoms with Crippen LogP contribution in [0.4, 0.5) is 0 Å². The highest BCUT2D eigenvalue weighted by molar-refractivity contribution is 5.79. The number of aromatic nitrogens is 3. The molecule has 7 heteroatoms. The van der Waals surface area contributed by atoms with Crippen LogP contribution in [0.5, 0.6) is 0 Å². The zero-order valence-corrected chi connectivity index (χ0v) is 13.3. The van der Waals surface area contributed by atoms with Crippen LogP contribution in [0.15, 0.2) is 11.3 Å². The molecule has 0 saturated carbocycles. The number of nitrogens with one attached hydrogen (secondary N) is 2. The largest absolute Gasteiger partial charge is 0.356 e. The van der Waals surface area contributed by atoms with E-state index in [2.05, 4.69) is 37.7 Å². The number of aryl methyl sites for hydroxylation is 1. The summed E-state index contributed by atoms with van der Waals surface area (Å²) in [5.41, 5.74) is 0. The lowest BCUT2D eigenvalue weighted by molar-refractivity contribution is 0.213. The van der Waals surface area contributed by atoms with Gasteiger partial charge in [0.1, 0.15) is 12.2 Å². The van der Waals surface area contributed by atoms with Gasteiger partial charge in [-0.1, -0.05) is 0 Å². The molecule has 2 rings (SSSR count). The Hall–Kier alpha value is -1.63. The van der Waals surface area contributed by atoms with Crippen molar-refractivity contribution in [3.63, 3.8) is 0 Å². The van der Waals surface area contributed by atoms with Crippen molar-refractivity contribution in [2.75, 3.05) is 33.7 Å². The van der Waals surface area contributed by atoms with Crippen LogP contribution < -0.4 is 10.6 Å². The lowest BCUT2D eigenvalue weighted by Gasteiger charge is -2.29. The summed E-state index contributed by atoms with van der Waals surface area (Å²) in [4.78, 5) is 10.8. The number of hydrogen-bond donors (Lipinski definition) is 2. The van der Waals surface area contributed by atoms with Crippen LogP contribution in [0.1, 0.15) is 25.1 Å². The Morgan fingerprint density at radius 1 is 1.33 bits per heavy atom. The smallest absolute Gasteiger partial charge is 0.191 e. The molecule has 0 radical (unpaired) electrons. The van der Waals surface area contributed by atoms with Crippen molar-refractivity contribution in [3.05, 3.63) is 12.2 Å². The van der Waals surface area contributed by atoms with E-state index in [0.29, 0.717) is 6.54 Å². The maximum absolute atomic E-state index is 4.24. The van der Waals surface area contributed by atoms with Crippen LogP contribution in [0, 0.1) is 5.92 Å². The number of aliphatic imine (C=N–C) groups is 1. The lowest BCUT2D eigenvalue weighted by Crippen LogP contribution is -2.39. The van der Waals surface area contributed by atoms with Gasteiger partial charge in [-0.25, -0.2) is 4.98 Å². The molecule has 1 aromatic rings. The van der Waals surface area contributed by atoms with E-state index in [4.69, 9.17) is 0 Å². The second-order valence-electron chi connectivity index (χ2n) is 5.69. The molecule has 118 valence electrons. The fourth-order valence-corrected chi connectivity index (χ4v) is 2.61. The molecule has 1 aliphatic heterocycles. The Bertz CT molecular complexity index is 446. The average Bonchev–Trinajstić information content (AvgIpc) is 2.90. The summed E-state index contributed by atoms with van der Waals surface area (Å²) >= 11 is 0. The van der Waals surface area contributed by atoms with Gasteiger partial charge in [0.05, 0.1) is 6.54 Å². The molecule has 2 heterocycles. The second kappa shape index (κ2) is 7.97. The number of rotatable bonds is 5. The van der Waals surface area contributed by atoms with Gasteiger partial charge >= 0.3 is 0 Å². The maximum Gasteiger partial charge on any atom is 0.191 e. The summed E-state index contributed by atoms with van der Waals surface area (Å²) < 4.78 is 1.76. The summed E-state index contributed by atoms with van der Waals surface area (Å²) in [6.45, 7) is 4.05. The predicted octanol–water partition coefficient (Wildman–Crippen LogP) is 0.212. The van der Waals surface area contributed by atoms with E-state index < -0.39 is 0 Å². The fourth-order valence-electron chi connectivity index (χ4n) is 2.61. The molecule has 21 heavy (non-hydrogen) atoms. The van der Waals surface area contributed by atoms with E-state index in [1.165, 1.54) is 32.4 Å². The molecule has 2 N–H and O–H groups in total. The normalized spacial score (nSPS) is 18.0. The minimum Gasteiger partial charge on any atom is -0.356 e. The molecule has 0 spiro atoms. The number of guanidine groups is 1. The zero-order valence-electron chi connectivity index (χ0n) is 13.3. The quantitative estimate of drug-likeness (QED) is 0.600. The highest BCUT2D eigenvalue weighted by Gasteiger charge is 2.16. The maximum atomic E-state index is 4.24. The monoisotopic (exact) mass is 293 g/mol. The summed E-state index contributed by atoms with van der Waals surface area (Å²) in [7, 11) is 5.88. The molecule has 1 aliphatic rings. The second-order valence-corrected chi connectivity index (χ2v) is 5.69. The van der Waals surface area contributed by atoms with Crippen LogP contribution in [0.25, 0.3) is 0 Å². The topological polar surface area (TPSA) is 70.4 Å². The van der Waals surface area contributed by atoms with Crippen molar-refractivity contribution in [1.29, 1.82) is 0 Å². The predicted molar refractivity (Wildman–Crippen MR) is 84.0 cm³/mol. The first-order valence-electron chi connectivity index (χ1n) is 7.65. The van der Waals surface area contributed by atoms with E-state index in [1.807, 2.05) is 7.05 Å². The Kier molecular flexibility index (Phi) is 5.98. The van der Waals surface area contributed by atoms with Crippen molar-refractivity contribution in [2.24, 2.45) is 18.0 Å². The first-order valence-corrected chi connectivity index (χ1v) is 7.65. The highest BCUT2D eigenvalue weighted by atomic mass is 15.3. The van der Waals surface area contributed by atoms with Gasteiger partial charge in [0.15, 0.2) is 5.96 Å². The molecule has 0 aromatic carbocycles. The SMILES string of the molecule is CN=C(NCCC1CCN(C)CC1)NCc1ncnn1C. The Labute approximate surface area is 126 Å². The molecule has 0 amide bonds. The lowest BCUT2D eigenvalue weighted by atomic mass is 9.94. The third-order valence-electron chi connectivity index (χ3n) is 4.13. The Morgan fingerprint density at radius 3 is 2.71 bits per heavy atom. The van der Waals surface area contributed by atoms with E-state index in [0.717, 1.165) is 24.2 Å². The molecule has 0 unspecified atom stereocenters. The first-order chi connectivity index (χ1) is 10.2. The standard InChI is InChI=1S/C14H27N7/c1-15-14(17-10-13-18-11-19-21(13)3)16-7-4-12-5-8-20(2)9-6-12/h11-12H,4-10H2,1-3H3,(H2,15,16,17). The molecular weight excluding hydrogens is 266 g/mol. The van der Waals surface area contributed by atoms with Crippen molar-refractivity contribution in [2.45, 2.75) is 25.8 Å². The number of nitrogens with zero attached hydrogens (tertiary/aromatic N) is 5.